The molecule has 0 aliphatic heterocycles. The van der Waals surface area contributed by atoms with Crippen molar-refractivity contribution in [2.75, 3.05) is 0 Å². The first-order valence-electron chi connectivity index (χ1n) is 4.49. The zero-order valence-corrected chi connectivity index (χ0v) is 10.2. The Morgan fingerprint density at radius 2 is 2.12 bits per heavy atom. The Labute approximate surface area is 109 Å². The first-order chi connectivity index (χ1) is 7.66. The molecule has 17 heavy (non-hydrogen) atoms. The van der Waals surface area contributed by atoms with Crippen LogP contribution in [0.1, 0.15) is 5.56 Å². The summed E-state index contributed by atoms with van der Waals surface area (Å²) in [7, 11) is 0. The predicted octanol–water partition coefficient (Wildman–Crippen LogP) is 1.51. The number of hydrogen-bond acceptors (Lipinski definition) is 3. The van der Waals surface area contributed by atoms with Crippen LogP contribution in [0.2, 0.25) is 0 Å². The molecular weight excluding hydrogens is 317 g/mol. The minimum Gasteiger partial charge on any atom is -0.424 e. The van der Waals surface area contributed by atoms with Gasteiger partial charge in [0, 0.05) is 12.4 Å². The van der Waals surface area contributed by atoms with Crippen LogP contribution >= 0.6 is 0 Å². The van der Waals surface area contributed by atoms with E-state index < -0.39 is 11.6 Å². The zero-order chi connectivity index (χ0) is 11.5. The molecule has 91 valence electrons. The van der Waals surface area contributed by atoms with E-state index in [0.717, 1.165) is 6.07 Å². The van der Waals surface area contributed by atoms with Gasteiger partial charge < -0.3 is 5.11 Å². The van der Waals surface area contributed by atoms with Gasteiger partial charge in [0.05, 0.1) is 0 Å². The second-order valence-electron chi connectivity index (χ2n) is 3.16. The number of rotatable bonds is 3. The van der Waals surface area contributed by atoms with Crippen LogP contribution in [0, 0.1) is 17.7 Å². The monoisotopic (exact) mass is 326 g/mol. The average molecular weight is 325 g/mol. The van der Waals surface area contributed by atoms with E-state index in [0.29, 0.717) is 6.07 Å². The third-order valence-corrected chi connectivity index (χ3v) is 2.02. The average Bonchev–Trinajstić information content (AvgIpc) is 2.70. The van der Waals surface area contributed by atoms with Crippen molar-refractivity contribution in [2.45, 2.75) is 6.54 Å². The van der Waals surface area contributed by atoms with E-state index in [1.165, 1.54) is 23.4 Å². The molecule has 0 aliphatic carbocycles. The third-order valence-electron chi connectivity index (χ3n) is 2.02. The van der Waals surface area contributed by atoms with E-state index in [-0.39, 0.29) is 37.7 Å². The Morgan fingerprint density at radius 3 is 2.71 bits per heavy atom. The molecule has 0 bridgehead atoms. The van der Waals surface area contributed by atoms with Crippen molar-refractivity contribution in [1.29, 1.82) is 0 Å². The minimum absolute atomic E-state index is 0. The summed E-state index contributed by atoms with van der Waals surface area (Å²) in [5.41, 5.74) is -0.0445. The maximum atomic E-state index is 13.3. The molecule has 7 heteroatoms. The maximum absolute atomic E-state index is 13.3. The van der Waals surface area contributed by atoms with Crippen molar-refractivity contribution < 1.29 is 33.4 Å². The molecule has 1 aromatic heterocycles. The fourth-order valence-corrected chi connectivity index (χ4v) is 1.28. The van der Waals surface area contributed by atoms with Crippen LogP contribution in [0.25, 0.3) is 0 Å². The summed E-state index contributed by atoms with van der Waals surface area (Å²) >= 11 is 0. The molecule has 0 aliphatic rings. The number of hydrogen-bond donors (Lipinski definition) is 1. The van der Waals surface area contributed by atoms with Gasteiger partial charge in [0.15, 0.2) is 0 Å². The molecule has 0 saturated carbocycles. The molecule has 0 spiro atoms. The fraction of sp³-hybridized carbons (Fsp3) is 0.100. The third kappa shape index (κ3) is 3.31. The standard InChI is InChI=1S/C10H8F2N3O.Ru/c11-7-1-2-8(9(12)3-7)10(16)4-15-6-13-5-14-15;/h1-3,5-6,16H,4H2;/q-1;+1. The SMILES string of the molecule is O[C-](Cn1cncn1)c1ccc(F)cc1F.[Ru+]. The quantitative estimate of drug-likeness (QED) is 0.687. The first-order valence-corrected chi connectivity index (χ1v) is 4.49. The van der Waals surface area contributed by atoms with E-state index >= 15 is 0 Å². The van der Waals surface area contributed by atoms with E-state index in [2.05, 4.69) is 10.1 Å². The van der Waals surface area contributed by atoms with Gasteiger partial charge in [-0.05, 0) is 12.2 Å². The van der Waals surface area contributed by atoms with Crippen LogP contribution in [0.5, 0.6) is 0 Å². The van der Waals surface area contributed by atoms with E-state index in [1.807, 2.05) is 0 Å². The van der Waals surface area contributed by atoms with Gasteiger partial charge >= 0.3 is 19.5 Å². The van der Waals surface area contributed by atoms with Gasteiger partial charge in [-0.1, -0.05) is 6.07 Å². The van der Waals surface area contributed by atoms with Crippen molar-refractivity contribution in [3.05, 3.63) is 54.2 Å². The Balaban J connectivity index is 0.00000144. The molecule has 1 N–H and O–H groups in total. The van der Waals surface area contributed by atoms with Crippen molar-refractivity contribution in [3.63, 3.8) is 0 Å². The van der Waals surface area contributed by atoms with Gasteiger partial charge in [0.25, 0.3) is 0 Å². The maximum Gasteiger partial charge on any atom is 1.00 e. The molecule has 0 saturated heterocycles. The zero-order valence-electron chi connectivity index (χ0n) is 8.49. The van der Waals surface area contributed by atoms with Crippen LogP contribution in [0.15, 0.2) is 30.9 Å². The fourth-order valence-electron chi connectivity index (χ4n) is 1.28. The molecule has 0 amide bonds. The molecule has 2 aromatic rings. The Hall–Kier alpha value is -1.33. The van der Waals surface area contributed by atoms with Gasteiger partial charge in [-0.3, -0.25) is 9.07 Å². The number of halogens is 2. The van der Waals surface area contributed by atoms with Crippen molar-refractivity contribution in [3.8, 4) is 0 Å². The number of benzene rings is 1. The predicted molar refractivity (Wildman–Crippen MR) is 50.7 cm³/mol. The van der Waals surface area contributed by atoms with Crippen LogP contribution in [-0.4, -0.2) is 19.9 Å². The van der Waals surface area contributed by atoms with Crippen molar-refractivity contribution in [1.82, 2.24) is 14.8 Å². The Bertz CT molecular complexity index is 478. The van der Waals surface area contributed by atoms with Crippen LogP contribution < -0.4 is 0 Å². The number of nitrogens with zero attached hydrogens (tertiary/aromatic N) is 3. The first kappa shape index (κ1) is 13.7. The second kappa shape index (κ2) is 5.84. The summed E-state index contributed by atoms with van der Waals surface area (Å²) in [5.74, 6) is -1.49. The molecule has 0 atom stereocenters. The molecule has 1 heterocycles. The van der Waals surface area contributed by atoms with Gasteiger partial charge in [0.2, 0.25) is 0 Å². The summed E-state index contributed by atoms with van der Waals surface area (Å²) < 4.78 is 27.2. The van der Waals surface area contributed by atoms with Crippen molar-refractivity contribution >= 4 is 0 Å². The van der Waals surface area contributed by atoms with Gasteiger partial charge in [0.1, 0.15) is 18.5 Å². The molecule has 1 aromatic carbocycles. The topological polar surface area (TPSA) is 50.9 Å². The molecular formula is C10H8F2N3ORu. The summed E-state index contributed by atoms with van der Waals surface area (Å²) in [6.07, 6.45) is 2.45. The van der Waals surface area contributed by atoms with E-state index in [9.17, 15) is 13.9 Å². The van der Waals surface area contributed by atoms with Gasteiger partial charge in [-0.25, -0.2) is 9.37 Å². The number of aromatic nitrogens is 3. The molecule has 0 fully saturated rings. The van der Waals surface area contributed by atoms with Gasteiger partial charge in [-0.2, -0.15) is 11.2 Å². The van der Waals surface area contributed by atoms with E-state index in [4.69, 9.17) is 0 Å². The van der Waals surface area contributed by atoms with Gasteiger partial charge in [-0.15, -0.1) is 5.56 Å². The largest absolute Gasteiger partial charge is 1.00 e. The van der Waals surface area contributed by atoms with E-state index in [1.54, 1.807) is 0 Å². The normalized spacial score (nSPS) is 9.82. The molecule has 0 unspecified atom stereocenters. The number of aliphatic hydroxyl groups is 1. The second-order valence-corrected chi connectivity index (χ2v) is 3.16. The summed E-state index contributed by atoms with van der Waals surface area (Å²) in [4.78, 5) is 3.68. The Morgan fingerprint density at radius 1 is 1.35 bits per heavy atom. The summed E-state index contributed by atoms with van der Waals surface area (Å²) in [6, 6.07) is 2.97. The van der Waals surface area contributed by atoms with Crippen LogP contribution in [0.4, 0.5) is 8.78 Å². The molecule has 4 nitrogen and oxygen atoms in total. The minimum atomic E-state index is -0.808. The summed E-state index contributed by atoms with van der Waals surface area (Å²) in [6.45, 7) is -0.0114. The molecule has 2 rings (SSSR count). The van der Waals surface area contributed by atoms with Crippen LogP contribution in [-0.2, 0) is 26.0 Å². The van der Waals surface area contributed by atoms with Crippen molar-refractivity contribution in [2.24, 2.45) is 0 Å². The Kier molecular flexibility index (Phi) is 4.72. The smallest absolute Gasteiger partial charge is 0.424 e. The molecule has 1 radical (unpaired) electrons. The number of aliphatic hydroxyl groups excluding tert-OH is 1. The van der Waals surface area contributed by atoms with Crippen LogP contribution in [0.3, 0.4) is 0 Å². The summed E-state index contributed by atoms with van der Waals surface area (Å²) in [5, 5.41) is 13.4.